The first-order valence-electron chi connectivity index (χ1n) is 5.51. The summed E-state index contributed by atoms with van der Waals surface area (Å²) in [6, 6.07) is 2.61. The molecule has 1 aliphatic rings. The first-order valence-corrected chi connectivity index (χ1v) is 6.78. The number of rotatable bonds is 4. The van der Waals surface area contributed by atoms with E-state index in [0.29, 0.717) is 5.56 Å². The van der Waals surface area contributed by atoms with Crippen molar-refractivity contribution in [3.63, 3.8) is 0 Å². The van der Waals surface area contributed by atoms with Gasteiger partial charge in [-0.2, -0.15) is 0 Å². The zero-order valence-electron chi connectivity index (χ0n) is 9.81. The van der Waals surface area contributed by atoms with Gasteiger partial charge in [0.15, 0.2) is 11.1 Å². The number of ether oxygens (including phenoxy) is 1. The number of esters is 1. The minimum Gasteiger partial charge on any atom is -0.465 e. The largest absolute Gasteiger partial charge is 0.465 e. The lowest BCUT2D eigenvalue weighted by Crippen LogP contribution is -2.08. The van der Waals surface area contributed by atoms with Crippen LogP contribution in [0.3, 0.4) is 0 Å². The van der Waals surface area contributed by atoms with Crippen molar-refractivity contribution in [3.05, 3.63) is 34.6 Å². The molecule has 0 spiro atoms. The Labute approximate surface area is 106 Å². The molecule has 0 aliphatic heterocycles. The lowest BCUT2D eigenvalue weighted by Gasteiger charge is -2.10. The summed E-state index contributed by atoms with van der Waals surface area (Å²) in [6.07, 6.45) is 1.89. The summed E-state index contributed by atoms with van der Waals surface area (Å²) in [4.78, 5) is 11.4. The third kappa shape index (κ3) is 2.76. The molecule has 6 heteroatoms. The Morgan fingerprint density at radius 1 is 1.56 bits per heavy atom. The molecule has 1 aliphatic carbocycles. The first kappa shape index (κ1) is 13.2. The van der Waals surface area contributed by atoms with Crippen molar-refractivity contribution in [2.45, 2.75) is 24.5 Å². The van der Waals surface area contributed by atoms with Gasteiger partial charge in [-0.15, -0.1) is 0 Å². The summed E-state index contributed by atoms with van der Waals surface area (Å²) in [5, 5.41) is 0. The van der Waals surface area contributed by atoms with Crippen molar-refractivity contribution in [1.29, 1.82) is 0 Å². The maximum Gasteiger partial charge on any atom is 0.340 e. The third-order valence-electron chi connectivity index (χ3n) is 2.93. The quantitative estimate of drug-likeness (QED) is 0.674. The van der Waals surface area contributed by atoms with Gasteiger partial charge in [-0.3, -0.25) is 0 Å². The molecule has 0 bridgehead atoms. The lowest BCUT2D eigenvalue weighted by atomic mass is 10.0. The highest BCUT2D eigenvalue weighted by molar-refractivity contribution is 7.78. The predicted molar refractivity (Wildman–Crippen MR) is 64.2 cm³/mol. The average Bonchev–Trinajstić information content (AvgIpc) is 3.13. The first-order chi connectivity index (χ1) is 8.52. The molecule has 1 aromatic rings. The molecule has 1 N–H and O–H groups in total. The minimum absolute atomic E-state index is 0.101. The molecule has 4 nitrogen and oxygen atoms in total. The molecule has 0 aromatic heterocycles. The predicted octanol–water partition coefficient (Wildman–Crippen LogP) is 2.21. The van der Waals surface area contributed by atoms with E-state index in [0.717, 1.165) is 18.4 Å². The van der Waals surface area contributed by atoms with Crippen molar-refractivity contribution in [3.8, 4) is 0 Å². The maximum absolute atomic E-state index is 13.8. The van der Waals surface area contributed by atoms with Crippen LogP contribution in [0.5, 0.6) is 0 Å². The van der Waals surface area contributed by atoms with Gasteiger partial charge in [-0.25, -0.2) is 13.4 Å². The van der Waals surface area contributed by atoms with Crippen molar-refractivity contribution in [2.75, 3.05) is 7.11 Å². The van der Waals surface area contributed by atoms with Crippen LogP contribution >= 0.6 is 0 Å². The van der Waals surface area contributed by atoms with Gasteiger partial charge in [0.05, 0.1) is 18.4 Å². The molecule has 1 atom stereocenters. The van der Waals surface area contributed by atoms with Crippen LogP contribution in [0.1, 0.15) is 40.2 Å². The zero-order chi connectivity index (χ0) is 13.3. The van der Waals surface area contributed by atoms with E-state index in [9.17, 15) is 13.4 Å². The fourth-order valence-electron chi connectivity index (χ4n) is 1.93. The van der Waals surface area contributed by atoms with Crippen molar-refractivity contribution in [1.82, 2.24) is 0 Å². The molecule has 98 valence electrons. The number of benzene rings is 1. The lowest BCUT2D eigenvalue weighted by molar-refractivity contribution is 0.0595. The number of hydrogen-bond acceptors (Lipinski definition) is 3. The third-order valence-corrected chi connectivity index (χ3v) is 3.49. The summed E-state index contributed by atoms with van der Waals surface area (Å²) in [5.74, 6) is -1.28. The fraction of sp³-hybridized carbons (Fsp3) is 0.417. The van der Waals surface area contributed by atoms with E-state index in [1.807, 2.05) is 0 Å². The number of carbonyl (C=O) groups excluding carboxylic acids is 1. The molecule has 1 aromatic carbocycles. The van der Waals surface area contributed by atoms with Gasteiger partial charge >= 0.3 is 5.97 Å². The number of carbonyl (C=O) groups is 1. The standard InChI is InChI=1S/C12H13FO4S/c1-17-12(14)10-4-8(6-18(15)16)9(5-11(10)13)7-2-3-7/h4-5,7H,2-3,6H2,1H3,(H,15,16). The second-order valence-corrected chi connectivity index (χ2v) is 5.19. The summed E-state index contributed by atoms with van der Waals surface area (Å²) in [7, 11) is 1.17. The molecule has 1 fully saturated rings. The van der Waals surface area contributed by atoms with Gasteiger partial charge in [0.25, 0.3) is 0 Å². The highest BCUT2D eigenvalue weighted by atomic mass is 32.2. The summed E-state index contributed by atoms with van der Waals surface area (Å²) in [6.45, 7) is 0. The van der Waals surface area contributed by atoms with E-state index < -0.39 is 22.9 Å². The van der Waals surface area contributed by atoms with Gasteiger partial charge in [-0.1, -0.05) is 0 Å². The zero-order valence-corrected chi connectivity index (χ0v) is 10.6. The molecular weight excluding hydrogens is 259 g/mol. The average molecular weight is 272 g/mol. The fourth-order valence-corrected chi connectivity index (χ4v) is 2.45. The van der Waals surface area contributed by atoms with E-state index in [4.69, 9.17) is 4.55 Å². The van der Waals surface area contributed by atoms with Gasteiger partial charge in [0.2, 0.25) is 0 Å². The second-order valence-electron chi connectivity index (χ2n) is 4.26. The van der Waals surface area contributed by atoms with Crippen LogP contribution in [0.4, 0.5) is 4.39 Å². The monoisotopic (exact) mass is 272 g/mol. The molecule has 1 saturated carbocycles. The van der Waals surface area contributed by atoms with Gasteiger partial charge in [-0.05, 0) is 42.0 Å². The van der Waals surface area contributed by atoms with Crippen molar-refractivity contribution in [2.24, 2.45) is 0 Å². The Hall–Kier alpha value is -1.27. The van der Waals surface area contributed by atoms with Crippen LogP contribution in [0.15, 0.2) is 12.1 Å². The van der Waals surface area contributed by atoms with Crippen LogP contribution in [0.2, 0.25) is 0 Å². The van der Waals surface area contributed by atoms with Crippen LogP contribution in [0, 0.1) is 5.82 Å². The van der Waals surface area contributed by atoms with E-state index in [-0.39, 0.29) is 17.2 Å². The van der Waals surface area contributed by atoms with Crippen LogP contribution in [-0.2, 0) is 21.6 Å². The van der Waals surface area contributed by atoms with Crippen molar-refractivity contribution < 1.29 is 22.7 Å². The maximum atomic E-state index is 13.8. The molecular formula is C12H13FO4S. The van der Waals surface area contributed by atoms with Gasteiger partial charge < -0.3 is 9.29 Å². The Morgan fingerprint density at radius 3 is 2.72 bits per heavy atom. The Morgan fingerprint density at radius 2 is 2.22 bits per heavy atom. The SMILES string of the molecule is COC(=O)c1cc(CS(=O)O)c(C2CC2)cc1F. The van der Waals surface area contributed by atoms with E-state index in [1.165, 1.54) is 19.2 Å². The molecule has 0 amide bonds. The smallest absolute Gasteiger partial charge is 0.340 e. The Balaban J connectivity index is 2.45. The normalized spacial score (nSPS) is 16.4. The second kappa shape index (κ2) is 5.16. The van der Waals surface area contributed by atoms with Crippen LogP contribution in [-0.4, -0.2) is 21.8 Å². The molecule has 0 saturated heterocycles. The molecule has 0 radical (unpaired) electrons. The highest BCUT2D eigenvalue weighted by Crippen LogP contribution is 2.42. The molecule has 2 rings (SSSR count). The molecule has 18 heavy (non-hydrogen) atoms. The summed E-state index contributed by atoms with van der Waals surface area (Å²) in [5.41, 5.74) is 1.07. The number of methoxy groups -OCH3 is 1. The topological polar surface area (TPSA) is 63.6 Å². The molecule has 0 heterocycles. The Kier molecular flexibility index (Phi) is 3.77. The van der Waals surface area contributed by atoms with Gasteiger partial charge in [0, 0.05) is 0 Å². The van der Waals surface area contributed by atoms with E-state index in [2.05, 4.69) is 4.74 Å². The van der Waals surface area contributed by atoms with E-state index in [1.54, 1.807) is 0 Å². The Bertz CT molecular complexity index is 511. The highest BCUT2D eigenvalue weighted by Gasteiger charge is 2.28. The number of hydrogen-bond donors (Lipinski definition) is 1. The molecule has 1 unspecified atom stereocenters. The van der Waals surface area contributed by atoms with Gasteiger partial charge in [0.1, 0.15) is 5.82 Å². The minimum atomic E-state index is -2.02. The summed E-state index contributed by atoms with van der Waals surface area (Å²) >= 11 is -2.02. The van der Waals surface area contributed by atoms with E-state index >= 15 is 0 Å². The van der Waals surface area contributed by atoms with Crippen molar-refractivity contribution >= 4 is 17.0 Å². The van der Waals surface area contributed by atoms with Crippen LogP contribution < -0.4 is 0 Å². The number of halogens is 1. The van der Waals surface area contributed by atoms with Crippen LogP contribution in [0.25, 0.3) is 0 Å². The summed E-state index contributed by atoms with van der Waals surface area (Å²) < 4.78 is 38.1.